The Kier molecular flexibility index (Phi) is 4.52. The zero-order valence-corrected chi connectivity index (χ0v) is 12.6. The minimum atomic E-state index is -0.511. The van der Waals surface area contributed by atoms with Crippen molar-refractivity contribution in [3.05, 3.63) is 63.0 Å². The van der Waals surface area contributed by atoms with Crippen LogP contribution in [-0.4, -0.2) is 5.91 Å². The van der Waals surface area contributed by atoms with Crippen LogP contribution in [0.1, 0.15) is 22.8 Å². The summed E-state index contributed by atoms with van der Waals surface area (Å²) in [4.78, 5) is 12.0. The van der Waals surface area contributed by atoms with Gasteiger partial charge in [-0.15, -0.1) is 0 Å². The summed E-state index contributed by atoms with van der Waals surface area (Å²) in [7, 11) is 0. The predicted molar refractivity (Wildman–Crippen MR) is 82.9 cm³/mol. The molecule has 0 aliphatic heterocycles. The Labute approximate surface area is 125 Å². The van der Waals surface area contributed by atoms with Crippen LogP contribution in [0.5, 0.6) is 0 Å². The number of hydrogen-bond donors (Lipinski definition) is 1. The Morgan fingerprint density at radius 1 is 1.26 bits per heavy atom. The third kappa shape index (κ3) is 3.32. The molecule has 0 heterocycles. The molecule has 0 atom stereocenters. The molecule has 98 valence electrons. The summed E-state index contributed by atoms with van der Waals surface area (Å²) < 4.78 is 14.6. The first-order valence-electron chi connectivity index (χ1n) is 5.96. The Balaban J connectivity index is 2.27. The van der Waals surface area contributed by atoms with Crippen molar-refractivity contribution in [2.45, 2.75) is 13.3 Å². The maximum absolute atomic E-state index is 13.5. The van der Waals surface area contributed by atoms with Gasteiger partial charge in [-0.2, -0.15) is 0 Å². The zero-order valence-electron chi connectivity index (χ0n) is 10.4. The molecule has 0 aromatic heterocycles. The number of carbonyl (C=O) groups is 1. The summed E-state index contributed by atoms with van der Waals surface area (Å²) in [5.74, 6) is -0.933. The van der Waals surface area contributed by atoms with Gasteiger partial charge in [-0.1, -0.05) is 19.1 Å². The highest BCUT2D eigenvalue weighted by molar-refractivity contribution is 14.1. The summed E-state index contributed by atoms with van der Waals surface area (Å²) >= 11 is 2.22. The van der Waals surface area contributed by atoms with Crippen molar-refractivity contribution in [1.29, 1.82) is 0 Å². The van der Waals surface area contributed by atoms with Gasteiger partial charge in [0.25, 0.3) is 5.91 Å². The highest BCUT2D eigenvalue weighted by Crippen LogP contribution is 2.20. The monoisotopic (exact) mass is 369 g/mol. The van der Waals surface area contributed by atoms with Crippen LogP contribution in [0.3, 0.4) is 0 Å². The van der Waals surface area contributed by atoms with Crippen molar-refractivity contribution in [1.82, 2.24) is 0 Å². The summed E-state index contributed by atoms with van der Waals surface area (Å²) in [5, 5.41) is 2.76. The molecule has 0 radical (unpaired) electrons. The van der Waals surface area contributed by atoms with E-state index in [1.165, 1.54) is 12.1 Å². The summed E-state index contributed by atoms with van der Waals surface area (Å²) in [6, 6.07) is 11.7. The standard InChI is InChI=1S/C15H13FINO/c1-2-10-9-11(17)7-8-14(10)18-15(19)12-5-3-4-6-13(12)16/h3-9H,2H2,1H3,(H,18,19). The molecule has 2 rings (SSSR count). The van der Waals surface area contributed by atoms with Gasteiger partial charge in [0, 0.05) is 9.26 Å². The van der Waals surface area contributed by atoms with E-state index in [1.807, 2.05) is 25.1 Å². The zero-order chi connectivity index (χ0) is 13.8. The molecule has 2 aromatic rings. The average molecular weight is 369 g/mol. The molecular formula is C15H13FINO. The summed E-state index contributed by atoms with van der Waals surface area (Å²) in [6.45, 7) is 2.02. The number of amides is 1. The number of rotatable bonds is 3. The Bertz CT molecular complexity index is 613. The van der Waals surface area contributed by atoms with Gasteiger partial charge in [-0.05, 0) is 64.9 Å². The number of hydrogen-bond acceptors (Lipinski definition) is 1. The fraction of sp³-hybridized carbons (Fsp3) is 0.133. The van der Waals surface area contributed by atoms with Crippen LogP contribution in [0.15, 0.2) is 42.5 Å². The third-order valence-corrected chi connectivity index (χ3v) is 3.49. The highest BCUT2D eigenvalue weighted by Gasteiger charge is 2.12. The van der Waals surface area contributed by atoms with Crippen molar-refractivity contribution in [2.24, 2.45) is 0 Å². The molecule has 2 nitrogen and oxygen atoms in total. The summed E-state index contributed by atoms with van der Waals surface area (Å²) in [6.07, 6.45) is 0.809. The van der Waals surface area contributed by atoms with Crippen LogP contribution < -0.4 is 5.32 Å². The van der Waals surface area contributed by atoms with Gasteiger partial charge >= 0.3 is 0 Å². The van der Waals surface area contributed by atoms with Crippen molar-refractivity contribution in [3.63, 3.8) is 0 Å². The predicted octanol–water partition coefficient (Wildman–Crippen LogP) is 4.25. The van der Waals surface area contributed by atoms with Crippen LogP contribution >= 0.6 is 22.6 Å². The van der Waals surface area contributed by atoms with Crippen molar-refractivity contribution >= 4 is 34.2 Å². The lowest BCUT2D eigenvalue weighted by atomic mass is 10.1. The molecule has 0 saturated heterocycles. The molecule has 0 fully saturated rings. The normalized spacial score (nSPS) is 10.3. The van der Waals surface area contributed by atoms with Gasteiger partial charge in [-0.25, -0.2) is 4.39 Å². The number of nitrogens with one attached hydrogen (secondary N) is 1. The smallest absolute Gasteiger partial charge is 0.258 e. The number of benzene rings is 2. The number of carbonyl (C=O) groups excluding carboxylic acids is 1. The molecule has 0 saturated carbocycles. The molecule has 1 amide bonds. The van der Waals surface area contributed by atoms with Crippen LogP contribution in [-0.2, 0) is 6.42 Å². The second-order valence-electron chi connectivity index (χ2n) is 4.09. The minimum Gasteiger partial charge on any atom is -0.322 e. The highest BCUT2D eigenvalue weighted by atomic mass is 127. The largest absolute Gasteiger partial charge is 0.322 e. The Hall–Kier alpha value is -1.43. The van der Waals surface area contributed by atoms with Crippen molar-refractivity contribution in [3.8, 4) is 0 Å². The van der Waals surface area contributed by atoms with Crippen molar-refractivity contribution < 1.29 is 9.18 Å². The van der Waals surface area contributed by atoms with Gasteiger partial charge < -0.3 is 5.32 Å². The number of halogens is 2. The van der Waals surface area contributed by atoms with Gasteiger partial charge in [0.15, 0.2) is 0 Å². The fourth-order valence-electron chi connectivity index (χ4n) is 1.81. The van der Waals surface area contributed by atoms with Crippen LogP contribution in [0, 0.1) is 9.39 Å². The molecule has 4 heteroatoms. The van der Waals surface area contributed by atoms with E-state index in [9.17, 15) is 9.18 Å². The minimum absolute atomic E-state index is 0.0584. The van der Waals surface area contributed by atoms with E-state index in [0.717, 1.165) is 21.2 Å². The molecule has 0 aliphatic carbocycles. The quantitative estimate of drug-likeness (QED) is 0.806. The first kappa shape index (κ1) is 14.0. The Morgan fingerprint density at radius 2 is 2.00 bits per heavy atom. The van der Waals surface area contributed by atoms with E-state index in [0.29, 0.717) is 0 Å². The molecule has 0 aliphatic rings. The van der Waals surface area contributed by atoms with Gasteiger partial charge in [0.2, 0.25) is 0 Å². The van der Waals surface area contributed by atoms with Gasteiger partial charge in [0.1, 0.15) is 5.82 Å². The lowest BCUT2D eigenvalue weighted by Crippen LogP contribution is -2.14. The first-order chi connectivity index (χ1) is 9.11. The van der Waals surface area contributed by atoms with E-state index < -0.39 is 11.7 Å². The fourth-order valence-corrected chi connectivity index (χ4v) is 2.37. The lowest BCUT2D eigenvalue weighted by molar-refractivity contribution is 0.102. The first-order valence-corrected chi connectivity index (χ1v) is 7.04. The third-order valence-electron chi connectivity index (χ3n) is 2.81. The molecule has 19 heavy (non-hydrogen) atoms. The SMILES string of the molecule is CCc1cc(I)ccc1NC(=O)c1ccccc1F. The topological polar surface area (TPSA) is 29.1 Å². The van der Waals surface area contributed by atoms with Gasteiger partial charge in [-0.3, -0.25) is 4.79 Å². The van der Waals surface area contributed by atoms with Crippen LogP contribution in [0.4, 0.5) is 10.1 Å². The Morgan fingerprint density at radius 3 is 2.68 bits per heavy atom. The number of aryl methyl sites for hydroxylation is 1. The molecule has 0 bridgehead atoms. The number of anilines is 1. The molecule has 0 unspecified atom stereocenters. The second-order valence-corrected chi connectivity index (χ2v) is 5.33. The van der Waals surface area contributed by atoms with E-state index in [2.05, 4.69) is 27.9 Å². The van der Waals surface area contributed by atoms with Crippen LogP contribution in [0.2, 0.25) is 0 Å². The second kappa shape index (κ2) is 6.14. The van der Waals surface area contributed by atoms with E-state index in [1.54, 1.807) is 12.1 Å². The maximum Gasteiger partial charge on any atom is 0.258 e. The molecule has 1 N–H and O–H groups in total. The van der Waals surface area contributed by atoms with E-state index in [-0.39, 0.29) is 5.56 Å². The summed E-state index contributed by atoms with van der Waals surface area (Å²) in [5.41, 5.74) is 1.83. The molecule has 0 spiro atoms. The van der Waals surface area contributed by atoms with Crippen molar-refractivity contribution in [2.75, 3.05) is 5.32 Å². The molecule has 2 aromatic carbocycles. The van der Waals surface area contributed by atoms with Crippen LogP contribution in [0.25, 0.3) is 0 Å². The maximum atomic E-state index is 13.5. The van der Waals surface area contributed by atoms with E-state index >= 15 is 0 Å². The molecular weight excluding hydrogens is 356 g/mol. The average Bonchev–Trinajstić information content (AvgIpc) is 2.41. The van der Waals surface area contributed by atoms with Gasteiger partial charge in [0.05, 0.1) is 5.56 Å². The van der Waals surface area contributed by atoms with E-state index in [4.69, 9.17) is 0 Å². The lowest BCUT2D eigenvalue weighted by Gasteiger charge is -2.10.